The highest BCUT2D eigenvalue weighted by atomic mass is 16.2. The molecule has 1 saturated carbocycles. The molecule has 0 saturated heterocycles. The summed E-state index contributed by atoms with van der Waals surface area (Å²) in [5, 5.41) is 7.37. The van der Waals surface area contributed by atoms with Crippen LogP contribution < -0.4 is 0 Å². The highest BCUT2D eigenvalue weighted by molar-refractivity contribution is 5.96. The smallest absolute Gasteiger partial charge is 0.255 e. The number of carbonyl (C=O) groups excluding carboxylic acids is 1. The Kier molecular flexibility index (Phi) is 3.93. The molecular formula is C21H20N6O. The van der Waals surface area contributed by atoms with Gasteiger partial charge >= 0.3 is 0 Å². The molecular weight excluding hydrogens is 352 g/mol. The molecule has 3 aromatic heterocycles. The second-order valence-electron chi connectivity index (χ2n) is 7.26. The lowest BCUT2D eigenvalue weighted by Gasteiger charge is -2.16. The number of pyridine rings is 1. The topological polar surface area (TPSA) is 79.7 Å². The van der Waals surface area contributed by atoms with Gasteiger partial charge < -0.3 is 9.47 Å². The monoisotopic (exact) mass is 372 g/mol. The zero-order valence-electron chi connectivity index (χ0n) is 15.5. The number of rotatable bonds is 5. The molecule has 140 valence electrons. The molecule has 1 aliphatic carbocycles. The van der Waals surface area contributed by atoms with Crippen LogP contribution in [0.4, 0.5) is 0 Å². The summed E-state index contributed by atoms with van der Waals surface area (Å²) >= 11 is 0. The third-order valence-electron chi connectivity index (χ3n) is 5.05. The number of nitrogens with one attached hydrogen (secondary N) is 1. The van der Waals surface area contributed by atoms with E-state index < -0.39 is 0 Å². The molecule has 3 heterocycles. The van der Waals surface area contributed by atoms with Gasteiger partial charge in [0.05, 0.1) is 29.8 Å². The van der Waals surface area contributed by atoms with Crippen molar-refractivity contribution in [1.29, 1.82) is 0 Å². The molecule has 7 nitrogen and oxygen atoms in total. The number of H-pyrrole nitrogens is 1. The van der Waals surface area contributed by atoms with Crippen LogP contribution in [0.5, 0.6) is 0 Å². The Morgan fingerprint density at radius 3 is 2.82 bits per heavy atom. The van der Waals surface area contributed by atoms with Gasteiger partial charge in [-0.3, -0.25) is 9.89 Å². The van der Waals surface area contributed by atoms with E-state index in [1.165, 1.54) is 12.8 Å². The van der Waals surface area contributed by atoms with Crippen LogP contribution in [0.2, 0.25) is 0 Å². The van der Waals surface area contributed by atoms with Gasteiger partial charge in [0.1, 0.15) is 5.52 Å². The van der Waals surface area contributed by atoms with Crippen molar-refractivity contribution < 1.29 is 4.79 Å². The second kappa shape index (κ2) is 6.60. The van der Waals surface area contributed by atoms with Crippen molar-refractivity contribution in [2.75, 3.05) is 7.05 Å². The third kappa shape index (κ3) is 3.05. The quantitative estimate of drug-likeness (QED) is 0.582. The van der Waals surface area contributed by atoms with Crippen LogP contribution in [0.15, 0.2) is 55.0 Å². The number of carbonyl (C=O) groups is 1. The fourth-order valence-electron chi connectivity index (χ4n) is 3.40. The van der Waals surface area contributed by atoms with E-state index in [1.807, 2.05) is 48.8 Å². The maximum absolute atomic E-state index is 12.8. The molecule has 4 aromatic rings. The van der Waals surface area contributed by atoms with Crippen LogP contribution in [0.25, 0.3) is 22.4 Å². The molecule has 1 fully saturated rings. The van der Waals surface area contributed by atoms with Crippen molar-refractivity contribution in [3.8, 4) is 11.3 Å². The summed E-state index contributed by atoms with van der Waals surface area (Å²) in [6, 6.07) is 14.3. The van der Waals surface area contributed by atoms with E-state index in [-0.39, 0.29) is 5.91 Å². The SMILES string of the molecule is CN(Cc1cc(-c2ccccc2)n[nH]1)C(=O)c1cnc2c(c1)ncn2C1CC1. The van der Waals surface area contributed by atoms with Crippen LogP contribution in [0, 0.1) is 0 Å². The number of aromatic amines is 1. The predicted octanol–water partition coefficient (Wildman–Crippen LogP) is 3.43. The predicted molar refractivity (Wildman–Crippen MR) is 106 cm³/mol. The fourth-order valence-corrected chi connectivity index (χ4v) is 3.40. The van der Waals surface area contributed by atoms with E-state index in [0.717, 1.165) is 28.1 Å². The van der Waals surface area contributed by atoms with Gasteiger partial charge in [0.15, 0.2) is 5.65 Å². The number of hydrogen-bond donors (Lipinski definition) is 1. The summed E-state index contributed by atoms with van der Waals surface area (Å²) in [5.74, 6) is -0.0915. The van der Waals surface area contributed by atoms with Gasteiger partial charge in [0, 0.05) is 24.8 Å². The average Bonchev–Trinajstić information content (AvgIpc) is 3.31. The molecule has 1 amide bonds. The Balaban J connectivity index is 1.32. The Hall–Kier alpha value is -3.48. The standard InChI is InChI=1S/C21H20N6O/c1-26(12-16-10-18(25-24-16)14-5-3-2-4-6-14)21(28)15-9-19-20(22-11-15)27(13-23-19)17-7-8-17/h2-6,9-11,13,17H,7-8,12H2,1H3,(H,24,25). The Morgan fingerprint density at radius 2 is 2.04 bits per heavy atom. The molecule has 1 aliphatic rings. The maximum atomic E-state index is 12.8. The van der Waals surface area contributed by atoms with E-state index in [2.05, 4.69) is 24.7 Å². The van der Waals surface area contributed by atoms with Crippen molar-refractivity contribution in [3.05, 3.63) is 66.2 Å². The maximum Gasteiger partial charge on any atom is 0.255 e. The van der Waals surface area contributed by atoms with E-state index in [4.69, 9.17) is 0 Å². The molecule has 1 aromatic carbocycles. The molecule has 0 spiro atoms. The largest absolute Gasteiger partial charge is 0.336 e. The van der Waals surface area contributed by atoms with Gasteiger partial charge in [-0.05, 0) is 25.0 Å². The van der Waals surface area contributed by atoms with Crippen LogP contribution in [0.1, 0.15) is 34.9 Å². The number of benzene rings is 1. The van der Waals surface area contributed by atoms with Crippen LogP contribution in [-0.2, 0) is 6.54 Å². The summed E-state index contributed by atoms with van der Waals surface area (Å²) in [6.45, 7) is 0.438. The van der Waals surface area contributed by atoms with E-state index in [9.17, 15) is 4.79 Å². The summed E-state index contributed by atoms with van der Waals surface area (Å²) in [5.41, 5.74) is 4.94. The lowest BCUT2D eigenvalue weighted by molar-refractivity contribution is 0.0783. The molecule has 0 bridgehead atoms. The summed E-state index contributed by atoms with van der Waals surface area (Å²) in [6.07, 6.45) is 5.81. The van der Waals surface area contributed by atoms with Gasteiger partial charge in [-0.1, -0.05) is 30.3 Å². The first-order valence-electron chi connectivity index (χ1n) is 9.37. The van der Waals surface area contributed by atoms with Crippen molar-refractivity contribution >= 4 is 17.1 Å². The average molecular weight is 372 g/mol. The lowest BCUT2D eigenvalue weighted by atomic mass is 10.1. The molecule has 5 rings (SSSR count). The molecule has 28 heavy (non-hydrogen) atoms. The summed E-state index contributed by atoms with van der Waals surface area (Å²) in [4.78, 5) is 23.4. The minimum atomic E-state index is -0.0915. The molecule has 7 heteroatoms. The molecule has 0 aliphatic heterocycles. The number of amides is 1. The Labute approximate surface area is 162 Å². The fraction of sp³-hybridized carbons (Fsp3) is 0.238. The molecule has 0 radical (unpaired) electrons. The number of nitrogens with zero attached hydrogens (tertiary/aromatic N) is 5. The number of imidazole rings is 1. The zero-order valence-corrected chi connectivity index (χ0v) is 15.5. The zero-order chi connectivity index (χ0) is 19.1. The minimum Gasteiger partial charge on any atom is -0.336 e. The second-order valence-corrected chi connectivity index (χ2v) is 7.26. The van der Waals surface area contributed by atoms with Gasteiger partial charge in [-0.2, -0.15) is 5.10 Å². The van der Waals surface area contributed by atoms with Gasteiger partial charge in [0.2, 0.25) is 0 Å². The summed E-state index contributed by atoms with van der Waals surface area (Å²) in [7, 11) is 1.78. The van der Waals surface area contributed by atoms with Crippen molar-refractivity contribution in [2.24, 2.45) is 0 Å². The highest BCUT2D eigenvalue weighted by Gasteiger charge is 2.26. The Bertz CT molecular complexity index is 1140. The van der Waals surface area contributed by atoms with Gasteiger partial charge in [0.25, 0.3) is 5.91 Å². The van der Waals surface area contributed by atoms with Gasteiger partial charge in [-0.25, -0.2) is 9.97 Å². The van der Waals surface area contributed by atoms with Crippen molar-refractivity contribution in [3.63, 3.8) is 0 Å². The first-order valence-corrected chi connectivity index (χ1v) is 9.37. The van der Waals surface area contributed by atoms with E-state index >= 15 is 0 Å². The normalized spacial score (nSPS) is 13.8. The van der Waals surface area contributed by atoms with Gasteiger partial charge in [-0.15, -0.1) is 0 Å². The minimum absolute atomic E-state index is 0.0915. The van der Waals surface area contributed by atoms with Crippen LogP contribution in [0.3, 0.4) is 0 Å². The van der Waals surface area contributed by atoms with Crippen molar-refractivity contribution in [1.82, 2.24) is 29.6 Å². The first-order chi connectivity index (χ1) is 13.7. The lowest BCUT2D eigenvalue weighted by Crippen LogP contribution is -2.26. The van der Waals surface area contributed by atoms with Crippen LogP contribution >= 0.6 is 0 Å². The first kappa shape index (κ1) is 16.7. The molecule has 1 N–H and O–H groups in total. The Morgan fingerprint density at radius 1 is 1.21 bits per heavy atom. The van der Waals surface area contributed by atoms with Crippen LogP contribution in [-0.4, -0.2) is 42.6 Å². The highest BCUT2D eigenvalue weighted by Crippen LogP contribution is 2.36. The number of fused-ring (bicyclic) bond motifs is 1. The van der Waals surface area contributed by atoms with Crippen molar-refractivity contribution in [2.45, 2.75) is 25.4 Å². The molecule has 0 unspecified atom stereocenters. The number of hydrogen-bond acceptors (Lipinski definition) is 4. The number of aromatic nitrogens is 5. The van der Waals surface area contributed by atoms with E-state index in [1.54, 1.807) is 18.1 Å². The van der Waals surface area contributed by atoms with E-state index in [0.29, 0.717) is 18.2 Å². The summed E-state index contributed by atoms with van der Waals surface area (Å²) < 4.78 is 2.10. The third-order valence-corrected chi connectivity index (χ3v) is 5.05. The molecule has 0 atom stereocenters.